The van der Waals surface area contributed by atoms with Crippen LogP contribution in [0.25, 0.3) is 10.8 Å². The number of anilines is 1. The summed E-state index contributed by atoms with van der Waals surface area (Å²) in [5.41, 5.74) is 7.58. The zero-order valence-electron chi connectivity index (χ0n) is 14.8. The summed E-state index contributed by atoms with van der Waals surface area (Å²) in [4.78, 5) is 0. The number of ether oxygens (including phenoxy) is 1. The number of hydrogen-bond donors (Lipinski definition) is 2. The van der Waals surface area contributed by atoms with E-state index in [0.29, 0.717) is 23.9 Å². The van der Waals surface area contributed by atoms with E-state index in [1.165, 1.54) is 11.9 Å². The highest BCUT2D eigenvalue weighted by Gasteiger charge is 2.32. The van der Waals surface area contributed by atoms with Crippen LogP contribution in [0.15, 0.2) is 42.5 Å². The Bertz CT molecular complexity index is 1060. The number of fused-ring (bicyclic) bond motifs is 3. The lowest BCUT2D eigenvalue weighted by molar-refractivity contribution is 0.149. The Morgan fingerprint density at radius 1 is 1.07 bits per heavy atom. The molecule has 0 aliphatic carbocycles. The molecule has 28 heavy (non-hydrogen) atoms. The summed E-state index contributed by atoms with van der Waals surface area (Å²) in [5, 5.41) is 11.6. The molecule has 0 spiro atoms. The molecule has 3 aromatic rings. The van der Waals surface area contributed by atoms with Crippen molar-refractivity contribution in [2.75, 3.05) is 10.7 Å². The summed E-state index contributed by atoms with van der Waals surface area (Å²) < 4.78 is 48.0. The first-order valence-corrected chi connectivity index (χ1v) is 9.72. The van der Waals surface area contributed by atoms with Crippen LogP contribution in [0, 0.1) is 17.5 Å². The first-order valence-electron chi connectivity index (χ1n) is 8.54. The molecule has 146 valence electrons. The van der Waals surface area contributed by atoms with Crippen molar-refractivity contribution < 1.29 is 23.1 Å². The third-order valence-corrected chi connectivity index (χ3v) is 5.45. The highest BCUT2D eigenvalue weighted by atomic mass is 32.2. The molecule has 4 nitrogen and oxygen atoms in total. The summed E-state index contributed by atoms with van der Waals surface area (Å²) in [5.74, 6) is -2.78. The monoisotopic (exact) mass is 406 g/mol. The van der Waals surface area contributed by atoms with Gasteiger partial charge in [-0.3, -0.25) is 5.21 Å². The van der Waals surface area contributed by atoms with Gasteiger partial charge in [-0.1, -0.05) is 12.1 Å². The maximum Gasteiger partial charge on any atom is 0.161 e. The van der Waals surface area contributed by atoms with Gasteiger partial charge in [-0.2, -0.15) is 4.47 Å². The molecule has 2 unspecified atom stereocenters. The number of halogens is 3. The second kappa shape index (κ2) is 7.20. The molecule has 0 amide bonds. The minimum Gasteiger partial charge on any atom is -0.484 e. The van der Waals surface area contributed by atoms with E-state index < -0.39 is 29.6 Å². The van der Waals surface area contributed by atoms with Crippen molar-refractivity contribution in [2.24, 2.45) is 5.73 Å². The van der Waals surface area contributed by atoms with Crippen LogP contribution in [0.3, 0.4) is 0 Å². The summed E-state index contributed by atoms with van der Waals surface area (Å²) in [6.07, 6.45) is 1.20. The molecule has 1 heterocycles. The molecule has 0 saturated carbocycles. The zero-order valence-corrected chi connectivity index (χ0v) is 15.6. The Morgan fingerprint density at radius 3 is 2.57 bits per heavy atom. The van der Waals surface area contributed by atoms with E-state index in [9.17, 15) is 18.4 Å². The maximum absolute atomic E-state index is 14.2. The van der Waals surface area contributed by atoms with Crippen LogP contribution in [0.5, 0.6) is 5.75 Å². The van der Waals surface area contributed by atoms with Crippen LogP contribution in [-0.2, 0) is 6.42 Å². The van der Waals surface area contributed by atoms with Crippen LogP contribution in [0.1, 0.15) is 17.2 Å². The van der Waals surface area contributed by atoms with Gasteiger partial charge in [0.2, 0.25) is 0 Å². The fraction of sp³-hybridized carbons (Fsp3) is 0.200. The molecule has 0 bridgehead atoms. The predicted octanol–water partition coefficient (Wildman–Crippen LogP) is 4.73. The van der Waals surface area contributed by atoms with Gasteiger partial charge in [-0.05, 0) is 53.4 Å². The third kappa shape index (κ3) is 3.17. The van der Waals surface area contributed by atoms with Gasteiger partial charge in [0.15, 0.2) is 11.6 Å². The second-order valence-electron chi connectivity index (χ2n) is 6.60. The van der Waals surface area contributed by atoms with Gasteiger partial charge in [-0.25, -0.2) is 13.2 Å². The minimum atomic E-state index is -1.25. The third-order valence-electron chi connectivity index (χ3n) is 4.89. The second-order valence-corrected chi connectivity index (χ2v) is 7.31. The number of nitrogens with two attached hydrogens (primary N) is 1. The summed E-state index contributed by atoms with van der Waals surface area (Å²) in [6, 6.07) is 9.68. The quantitative estimate of drug-likeness (QED) is 0.374. The van der Waals surface area contributed by atoms with E-state index in [1.807, 2.05) is 18.2 Å². The van der Waals surface area contributed by atoms with Crippen LogP contribution < -0.4 is 14.9 Å². The van der Waals surface area contributed by atoms with Crippen molar-refractivity contribution in [1.29, 1.82) is 0 Å². The van der Waals surface area contributed by atoms with Crippen molar-refractivity contribution in [3.8, 4) is 5.75 Å². The van der Waals surface area contributed by atoms with Crippen molar-refractivity contribution in [2.45, 2.75) is 18.6 Å². The van der Waals surface area contributed by atoms with Crippen LogP contribution >= 0.6 is 11.9 Å². The maximum atomic E-state index is 14.2. The Kier molecular flexibility index (Phi) is 4.86. The number of benzene rings is 3. The predicted molar refractivity (Wildman–Crippen MR) is 103 cm³/mol. The van der Waals surface area contributed by atoms with Gasteiger partial charge in [0.25, 0.3) is 0 Å². The molecular weight excluding hydrogens is 389 g/mol. The molecule has 1 aliphatic rings. The van der Waals surface area contributed by atoms with Gasteiger partial charge in [0.1, 0.15) is 17.7 Å². The SMILES string of the molecule is CSN(O)c1ccc2c3c(ccc2c1)OC(c1cc(F)c(F)cc1F)C(N)C3. The average Bonchev–Trinajstić information content (AvgIpc) is 2.69. The van der Waals surface area contributed by atoms with Crippen molar-refractivity contribution in [3.63, 3.8) is 0 Å². The van der Waals surface area contributed by atoms with Crippen molar-refractivity contribution in [1.82, 2.24) is 0 Å². The fourth-order valence-electron chi connectivity index (χ4n) is 3.52. The standard InChI is InChI=1S/C20H17F3N2O2S/c1-28-25(26)11-3-4-12-10(6-11)2-5-19-13(12)8-18(24)20(27-19)14-7-16(22)17(23)9-15(14)21/h2-7,9,18,20,26H,8,24H2,1H3. The molecule has 0 radical (unpaired) electrons. The molecule has 1 aliphatic heterocycles. The largest absolute Gasteiger partial charge is 0.484 e. The van der Waals surface area contributed by atoms with Gasteiger partial charge in [0.05, 0.1) is 11.7 Å². The summed E-state index contributed by atoms with van der Waals surface area (Å²) >= 11 is 1.17. The van der Waals surface area contributed by atoms with E-state index in [-0.39, 0.29) is 5.56 Å². The molecule has 0 fully saturated rings. The molecule has 0 saturated heterocycles. The molecule has 4 rings (SSSR count). The minimum absolute atomic E-state index is 0.108. The molecular formula is C20H17F3N2O2S. The van der Waals surface area contributed by atoms with E-state index >= 15 is 0 Å². The lowest BCUT2D eigenvalue weighted by Gasteiger charge is -2.32. The molecule has 2 atom stereocenters. The zero-order chi connectivity index (χ0) is 20.0. The average molecular weight is 406 g/mol. The smallest absolute Gasteiger partial charge is 0.161 e. The number of nitrogens with zero attached hydrogens (tertiary/aromatic N) is 1. The molecule has 3 N–H and O–H groups in total. The first kappa shape index (κ1) is 18.9. The lowest BCUT2D eigenvalue weighted by atomic mass is 9.90. The lowest BCUT2D eigenvalue weighted by Crippen LogP contribution is -2.38. The summed E-state index contributed by atoms with van der Waals surface area (Å²) in [6.45, 7) is 0. The highest BCUT2D eigenvalue weighted by Crippen LogP contribution is 2.40. The molecule has 0 aromatic heterocycles. The number of hydrogen-bond acceptors (Lipinski definition) is 5. The molecule has 3 aromatic carbocycles. The Hall–Kier alpha value is -2.42. The normalized spacial score (nSPS) is 18.6. The van der Waals surface area contributed by atoms with Crippen molar-refractivity contribution in [3.05, 3.63) is 71.0 Å². The van der Waals surface area contributed by atoms with Gasteiger partial charge in [-0.15, -0.1) is 0 Å². The van der Waals surface area contributed by atoms with Gasteiger partial charge in [0, 0.05) is 23.4 Å². The van der Waals surface area contributed by atoms with Crippen LogP contribution in [-0.4, -0.2) is 17.5 Å². The van der Waals surface area contributed by atoms with E-state index in [4.69, 9.17) is 10.5 Å². The van der Waals surface area contributed by atoms with E-state index in [2.05, 4.69) is 0 Å². The topological polar surface area (TPSA) is 58.7 Å². The van der Waals surface area contributed by atoms with Gasteiger partial charge >= 0.3 is 0 Å². The van der Waals surface area contributed by atoms with Gasteiger partial charge < -0.3 is 10.5 Å². The number of rotatable bonds is 3. The van der Waals surface area contributed by atoms with Crippen molar-refractivity contribution >= 4 is 28.4 Å². The van der Waals surface area contributed by atoms with E-state index in [0.717, 1.165) is 26.9 Å². The van der Waals surface area contributed by atoms with Crippen LogP contribution in [0.4, 0.5) is 18.9 Å². The Balaban J connectivity index is 1.74. The van der Waals surface area contributed by atoms with Crippen LogP contribution in [0.2, 0.25) is 0 Å². The fourth-order valence-corrected chi connectivity index (χ4v) is 3.85. The van der Waals surface area contributed by atoms with E-state index in [1.54, 1.807) is 18.4 Å². The summed E-state index contributed by atoms with van der Waals surface area (Å²) in [7, 11) is 0. The highest BCUT2D eigenvalue weighted by molar-refractivity contribution is 7.99. The Labute approximate surface area is 163 Å². The molecule has 8 heteroatoms. The first-order chi connectivity index (χ1) is 13.4. The Morgan fingerprint density at radius 2 is 1.82 bits per heavy atom.